The zero-order chi connectivity index (χ0) is 29.1. The Labute approximate surface area is 234 Å². The number of aromatic nitrogens is 3. The fraction of sp³-hybridized carbons (Fsp3) is 0.185. The van der Waals surface area contributed by atoms with Crippen molar-refractivity contribution < 1.29 is 27.2 Å². The van der Waals surface area contributed by atoms with E-state index in [0.29, 0.717) is 24.5 Å². The number of anilines is 2. The Bertz CT molecular complexity index is 1810. The van der Waals surface area contributed by atoms with Gasteiger partial charge in [0.05, 0.1) is 23.0 Å². The summed E-state index contributed by atoms with van der Waals surface area (Å²) in [5.74, 6) is -2.48. The largest absolute Gasteiger partial charge is 0.409 e. The number of fused-ring (bicyclic) bond motifs is 1. The summed E-state index contributed by atoms with van der Waals surface area (Å²) in [6.07, 6.45) is -1.57. The average Bonchev–Trinajstić information content (AvgIpc) is 3.53. The van der Waals surface area contributed by atoms with Gasteiger partial charge in [0.25, 0.3) is 17.6 Å². The second-order valence-electron chi connectivity index (χ2n) is 9.59. The third-order valence-electron chi connectivity index (χ3n) is 7.09. The number of halogens is 4. The second-order valence-corrected chi connectivity index (χ2v) is 9.96. The quantitative estimate of drug-likeness (QED) is 0.190. The molecule has 0 radical (unpaired) electrons. The number of alkyl halides is 3. The lowest BCUT2D eigenvalue weighted by Gasteiger charge is -2.24. The number of nitrogens with one attached hydrogen (secondary N) is 2. The Morgan fingerprint density at radius 2 is 1.93 bits per heavy atom. The van der Waals surface area contributed by atoms with Gasteiger partial charge in [0.2, 0.25) is 0 Å². The highest BCUT2D eigenvalue weighted by Gasteiger charge is 2.64. The first-order valence-electron chi connectivity index (χ1n) is 12.2. The van der Waals surface area contributed by atoms with E-state index in [9.17, 15) is 22.8 Å². The molecule has 9 nitrogen and oxygen atoms in total. The van der Waals surface area contributed by atoms with Gasteiger partial charge in [-0.3, -0.25) is 19.6 Å². The highest BCUT2D eigenvalue weighted by molar-refractivity contribution is 7.81. The summed E-state index contributed by atoms with van der Waals surface area (Å²) in [5, 5.41) is 9.99. The lowest BCUT2D eigenvalue weighted by molar-refractivity contribution is -0.137. The first kappa shape index (κ1) is 26.3. The number of amides is 2. The van der Waals surface area contributed by atoms with Gasteiger partial charge < -0.3 is 15.1 Å². The number of H-pyrrole nitrogens is 1. The van der Waals surface area contributed by atoms with Crippen LogP contribution in [0.1, 0.15) is 34.3 Å². The molecular weight excluding hydrogens is 562 g/mol. The van der Waals surface area contributed by atoms with Gasteiger partial charge in [-0.25, -0.2) is 4.39 Å². The molecule has 1 saturated carbocycles. The monoisotopic (exact) mass is 579 g/mol. The lowest BCUT2D eigenvalue weighted by atomic mass is 10.1. The van der Waals surface area contributed by atoms with E-state index < -0.39 is 40.7 Å². The summed E-state index contributed by atoms with van der Waals surface area (Å²) in [6.45, 7) is 6.87. The molecule has 2 amide bonds. The van der Waals surface area contributed by atoms with E-state index in [0.717, 1.165) is 22.0 Å². The lowest BCUT2D eigenvalue weighted by Crippen LogP contribution is -2.37. The standard InChI is InChI=1S/C27H17F4N7O2S/c1-32-22-19(27(29,30)31)9-18(13-33-22)37-24(40)26(6-7-26)38(25(37)41)17-4-2-15(20(28)10-17)11-34-23(39)14-3-5-21-16(8-14)12-35-36-21/h2-5,8-10,12-13H,6-7,11H2,(H,34,39)(H,35,36). The van der Waals surface area contributed by atoms with Crippen molar-refractivity contribution in [2.75, 3.05) is 9.80 Å². The van der Waals surface area contributed by atoms with Crippen LogP contribution < -0.4 is 15.1 Å². The zero-order valence-electron chi connectivity index (χ0n) is 20.8. The number of hydrogen-bond acceptors (Lipinski definition) is 5. The number of nitrogens with zero attached hydrogens (tertiary/aromatic N) is 5. The van der Waals surface area contributed by atoms with Crippen molar-refractivity contribution in [3.63, 3.8) is 0 Å². The van der Waals surface area contributed by atoms with E-state index in [1.54, 1.807) is 24.4 Å². The van der Waals surface area contributed by atoms with Gasteiger partial charge >= 0.3 is 6.18 Å². The highest BCUT2D eigenvalue weighted by Crippen LogP contribution is 2.51. The topological polar surface area (TPSA) is 98.6 Å². The minimum Gasteiger partial charge on any atom is -0.360 e. The molecule has 14 heteroatoms. The van der Waals surface area contributed by atoms with Crippen LogP contribution in [-0.2, 0) is 17.5 Å². The molecule has 1 spiro atoms. The molecule has 0 atom stereocenters. The van der Waals surface area contributed by atoms with Gasteiger partial charge in [0, 0.05) is 28.7 Å². The van der Waals surface area contributed by atoms with E-state index in [-0.39, 0.29) is 28.6 Å². The second kappa shape index (κ2) is 9.34. The Hall–Kier alpha value is -4.90. The SMILES string of the molecule is [C-]#[N+]c1ncc(N2C(=O)C3(CC3)N(c3ccc(CNC(=O)c4ccc5[nH]ncc5c4)c(F)c3)C2=S)cc1C(F)(F)F. The number of rotatable bonds is 5. The third kappa shape index (κ3) is 4.34. The van der Waals surface area contributed by atoms with E-state index in [2.05, 4.69) is 25.3 Å². The molecule has 0 unspecified atom stereocenters. The van der Waals surface area contributed by atoms with Gasteiger partial charge in [0.15, 0.2) is 5.11 Å². The summed E-state index contributed by atoms with van der Waals surface area (Å²) in [6, 6.07) is 9.80. The molecule has 2 aliphatic rings. The molecule has 41 heavy (non-hydrogen) atoms. The number of pyridine rings is 1. The first-order valence-corrected chi connectivity index (χ1v) is 12.6. The molecule has 0 bridgehead atoms. The summed E-state index contributed by atoms with van der Waals surface area (Å²) < 4.78 is 55.8. The van der Waals surface area contributed by atoms with Gasteiger partial charge in [-0.05, 0) is 61.5 Å². The first-order chi connectivity index (χ1) is 19.5. The fourth-order valence-electron chi connectivity index (χ4n) is 4.86. The molecule has 206 valence electrons. The van der Waals surface area contributed by atoms with E-state index >= 15 is 4.39 Å². The minimum absolute atomic E-state index is 0.117. The van der Waals surface area contributed by atoms with E-state index in [4.69, 9.17) is 18.8 Å². The summed E-state index contributed by atoms with van der Waals surface area (Å²) >= 11 is 5.51. The zero-order valence-corrected chi connectivity index (χ0v) is 21.6. The molecule has 1 aliphatic heterocycles. The molecular formula is C27H17F4N7O2S. The van der Waals surface area contributed by atoms with Crippen LogP contribution in [0.2, 0.25) is 0 Å². The number of aromatic amines is 1. The minimum atomic E-state index is -4.87. The maximum atomic E-state index is 15.2. The number of benzene rings is 2. The van der Waals surface area contributed by atoms with Crippen molar-refractivity contribution in [1.29, 1.82) is 0 Å². The predicted octanol–water partition coefficient (Wildman–Crippen LogP) is 5.27. The van der Waals surface area contributed by atoms with Crippen molar-refractivity contribution in [3.05, 3.63) is 88.8 Å². The van der Waals surface area contributed by atoms with Crippen molar-refractivity contribution >= 4 is 57.2 Å². The molecule has 6 rings (SSSR count). The van der Waals surface area contributed by atoms with E-state index in [1.165, 1.54) is 23.1 Å². The van der Waals surface area contributed by atoms with E-state index in [1.807, 2.05) is 0 Å². The van der Waals surface area contributed by atoms with Crippen LogP contribution in [0.4, 0.5) is 34.8 Å². The van der Waals surface area contributed by atoms with Crippen LogP contribution in [0.3, 0.4) is 0 Å². The molecule has 2 aromatic heterocycles. The van der Waals surface area contributed by atoms with Crippen molar-refractivity contribution in [2.24, 2.45) is 0 Å². The number of carbonyl (C=O) groups excluding carboxylic acids is 2. The number of hydrogen-bond donors (Lipinski definition) is 2. The summed E-state index contributed by atoms with van der Waals surface area (Å²) in [5.41, 5.74) is -1.11. The third-order valence-corrected chi connectivity index (χ3v) is 7.46. The Kier molecular flexibility index (Phi) is 6.00. The number of thiocarbonyl (C=S) groups is 1. The molecule has 1 saturated heterocycles. The molecule has 2 fully saturated rings. The maximum absolute atomic E-state index is 15.2. The van der Waals surface area contributed by atoms with Gasteiger partial charge in [-0.15, -0.1) is 4.98 Å². The number of carbonyl (C=O) groups is 2. The van der Waals surface area contributed by atoms with Gasteiger partial charge in [-0.2, -0.15) is 18.3 Å². The Morgan fingerprint density at radius 3 is 2.61 bits per heavy atom. The Balaban J connectivity index is 1.24. The van der Waals surface area contributed by atoms with Crippen molar-refractivity contribution in [2.45, 2.75) is 31.1 Å². The molecule has 1 aliphatic carbocycles. The van der Waals surface area contributed by atoms with Crippen molar-refractivity contribution in [1.82, 2.24) is 20.5 Å². The summed E-state index contributed by atoms with van der Waals surface area (Å²) in [4.78, 5) is 34.8. The van der Waals surface area contributed by atoms with Gasteiger partial charge in [-0.1, -0.05) is 12.6 Å². The normalized spacial score (nSPS) is 16.0. The van der Waals surface area contributed by atoms with Crippen molar-refractivity contribution in [3.8, 4) is 0 Å². The molecule has 3 heterocycles. The molecule has 2 N–H and O–H groups in total. The maximum Gasteiger partial charge on any atom is 0.409 e. The van der Waals surface area contributed by atoms with Crippen LogP contribution in [0.15, 0.2) is 54.9 Å². The summed E-state index contributed by atoms with van der Waals surface area (Å²) in [7, 11) is 0. The van der Waals surface area contributed by atoms with Gasteiger partial charge in [0.1, 0.15) is 17.6 Å². The fourth-order valence-corrected chi connectivity index (χ4v) is 5.33. The van der Waals surface area contributed by atoms with Crippen LogP contribution in [-0.4, -0.2) is 37.6 Å². The van der Waals surface area contributed by atoms with Crippen LogP contribution in [0.5, 0.6) is 0 Å². The van der Waals surface area contributed by atoms with Crippen LogP contribution in [0, 0.1) is 12.4 Å². The molecule has 2 aromatic carbocycles. The highest BCUT2D eigenvalue weighted by atomic mass is 32.1. The van der Waals surface area contributed by atoms with Crippen LogP contribution >= 0.6 is 12.2 Å². The predicted molar refractivity (Wildman–Crippen MR) is 144 cm³/mol. The average molecular weight is 580 g/mol. The van der Waals surface area contributed by atoms with Crippen LogP contribution in [0.25, 0.3) is 15.7 Å². The Morgan fingerprint density at radius 1 is 1.15 bits per heavy atom. The smallest absolute Gasteiger partial charge is 0.360 e. The molecule has 4 aromatic rings.